The lowest BCUT2D eigenvalue weighted by atomic mass is 10.1. The molecule has 29 heavy (non-hydrogen) atoms. The molecule has 3 nitrogen and oxygen atoms in total. The minimum atomic E-state index is -4.35. The fraction of sp³-hybridized carbons (Fsp3) is 0.478. The molecule has 0 aliphatic heterocycles. The number of rotatable bonds is 12. The molecule has 0 atom stereocenters. The molecule has 2 aromatic rings. The van der Waals surface area contributed by atoms with Crippen LogP contribution in [0.3, 0.4) is 0 Å². The number of unbranched alkanes of at least 4 members (excludes halogenated alkanes) is 7. The van der Waals surface area contributed by atoms with Gasteiger partial charge in [-0.1, -0.05) is 51.9 Å². The average Bonchev–Trinajstić information content (AvgIpc) is 2.71. The van der Waals surface area contributed by atoms with E-state index in [2.05, 4.69) is 17.2 Å². The number of azo groups is 1. The van der Waals surface area contributed by atoms with E-state index in [9.17, 15) is 13.2 Å². The smallest absolute Gasteiger partial charge is 0.416 e. The predicted octanol–water partition coefficient (Wildman–Crippen LogP) is 8.64. The van der Waals surface area contributed by atoms with E-state index in [4.69, 9.17) is 4.74 Å². The summed E-state index contributed by atoms with van der Waals surface area (Å²) in [6.07, 6.45) is 5.74. The first kappa shape index (κ1) is 22.9. The summed E-state index contributed by atoms with van der Waals surface area (Å²) >= 11 is 0. The van der Waals surface area contributed by atoms with E-state index in [1.807, 2.05) is 12.1 Å². The van der Waals surface area contributed by atoms with Crippen molar-refractivity contribution in [2.24, 2.45) is 10.2 Å². The van der Waals surface area contributed by atoms with E-state index in [1.165, 1.54) is 57.1 Å². The molecule has 0 heterocycles. The highest BCUT2D eigenvalue weighted by molar-refractivity contribution is 5.43. The third kappa shape index (κ3) is 9.11. The van der Waals surface area contributed by atoms with Gasteiger partial charge in [-0.15, -0.1) is 0 Å². The fourth-order valence-corrected chi connectivity index (χ4v) is 2.87. The molecule has 0 fully saturated rings. The molecule has 2 aromatic carbocycles. The summed E-state index contributed by atoms with van der Waals surface area (Å²) in [5.41, 5.74) is 0.284. The highest BCUT2D eigenvalue weighted by Gasteiger charge is 2.29. The zero-order chi connectivity index (χ0) is 21.0. The molecule has 0 amide bonds. The van der Waals surface area contributed by atoms with Crippen molar-refractivity contribution >= 4 is 11.4 Å². The second-order valence-electron chi connectivity index (χ2n) is 7.06. The molecule has 0 N–H and O–H groups in total. The van der Waals surface area contributed by atoms with Gasteiger partial charge in [0.25, 0.3) is 0 Å². The zero-order valence-corrected chi connectivity index (χ0v) is 16.9. The van der Waals surface area contributed by atoms with Gasteiger partial charge in [0.05, 0.1) is 23.5 Å². The summed E-state index contributed by atoms with van der Waals surface area (Å²) in [5.74, 6) is 0.779. The van der Waals surface area contributed by atoms with Crippen LogP contribution >= 0.6 is 0 Å². The molecule has 0 radical (unpaired) electrons. The van der Waals surface area contributed by atoms with Gasteiger partial charge in [-0.3, -0.25) is 0 Å². The Morgan fingerprint density at radius 3 is 1.69 bits per heavy atom. The van der Waals surface area contributed by atoms with Crippen LogP contribution < -0.4 is 4.74 Å². The van der Waals surface area contributed by atoms with Crippen molar-refractivity contribution in [3.05, 3.63) is 54.1 Å². The van der Waals surface area contributed by atoms with Gasteiger partial charge < -0.3 is 4.74 Å². The molecule has 0 saturated heterocycles. The third-order valence-electron chi connectivity index (χ3n) is 4.58. The highest BCUT2D eigenvalue weighted by Crippen LogP contribution is 2.30. The van der Waals surface area contributed by atoms with Crippen molar-refractivity contribution in [3.8, 4) is 5.75 Å². The Hall–Kier alpha value is -2.37. The summed E-state index contributed by atoms with van der Waals surface area (Å²) in [6, 6.07) is 11.8. The molecular formula is C23H29F3N2O. The minimum absolute atomic E-state index is 0.369. The molecule has 158 valence electrons. The van der Waals surface area contributed by atoms with E-state index in [0.29, 0.717) is 18.0 Å². The van der Waals surface area contributed by atoms with Crippen LogP contribution in [0.2, 0.25) is 0 Å². The topological polar surface area (TPSA) is 34.0 Å². The predicted molar refractivity (Wildman–Crippen MR) is 110 cm³/mol. The maximum atomic E-state index is 12.5. The molecule has 0 aliphatic rings. The standard InChI is InChI=1S/C23H29F3N2O/c1-2-3-4-5-6-7-8-9-18-29-22-16-14-21(15-17-22)28-27-20-12-10-19(11-13-20)23(24,25)26/h10-17H,2-9,18H2,1H3. The number of alkyl halides is 3. The Kier molecular flexibility index (Phi) is 9.68. The number of benzene rings is 2. The quantitative estimate of drug-likeness (QED) is 0.256. The number of nitrogens with zero attached hydrogens (tertiary/aromatic N) is 2. The summed E-state index contributed by atoms with van der Waals surface area (Å²) in [4.78, 5) is 0. The summed E-state index contributed by atoms with van der Waals surface area (Å²) in [7, 11) is 0. The van der Waals surface area contributed by atoms with Gasteiger partial charge in [0.2, 0.25) is 0 Å². The molecule has 0 unspecified atom stereocenters. The van der Waals surface area contributed by atoms with E-state index >= 15 is 0 Å². The molecule has 0 bridgehead atoms. The van der Waals surface area contributed by atoms with Crippen LogP contribution in [-0.2, 0) is 6.18 Å². The number of ether oxygens (including phenoxy) is 1. The molecule has 6 heteroatoms. The van der Waals surface area contributed by atoms with Crippen LogP contribution in [-0.4, -0.2) is 6.61 Å². The van der Waals surface area contributed by atoms with Crippen LogP contribution in [0, 0.1) is 0 Å². The Morgan fingerprint density at radius 2 is 1.17 bits per heavy atom. The van der Waals surface area contributed by atoms with Crippen LogP contribution in [0.5, 0.6) is 5.75 Å². The Labute approximate surface area is 171 Å². The molecule has 0 spiro atoms. The van der Waals surface area contributed by atoms with Crippen LogP contribution in [0.25, 0.3) is 0 Å². The summed E-state index contributed by atoms with van der Waals surface area (Å²) in [5, 5.41) is 8.02. The van der Waals surface area contributed by atoms with Crippen LogP contribution in [0.4, 0.5) is 24.5 Å². The number of hydrogen-bond donors (Lipinski definition) is 0. The second-order valence-corrected chi connectivity index (χ2v) is 7.06. The van der Waals surface area contributed by atoms with Gasteiger partial charge >= 0.3 is 6.18 Å². The normalized spacial score (nSPS) is 11.9. The van der Waals surface area contributed by atoms with Gasteiger partial charge in [-0.05, 0) is 55.0 Å². The lowest BCUT2D eigenvalue weighted by Crippen LogP contribution is -2.03. The van der Waals surface area contributed by atoms with Gasteiger partial charge in [-0.25, -0.2) is 0 Å². The Bertz CT molecular complexity index is 725. The van der Waals surface area contributed by atoms with Gasteiger partial charge in [-0.2, -0.15) is 23.4 Å². The first-order valence-corrected chi connectivity index (χ1v) is 10.3. The number of hydrogen-bond acceptors (Lipinski definition) is 3. The van der Waals surface area contributed by atoms with Gasteiger partial charge in [0.15, 0.2) is 0 Å². The van der Waals surface area contributed by atoms with Crippen molar-refractivity contribution < 1.29 is 17.9 Å². The van der Waals surface area contributed by atoms with Crippen LogP contribution in [0.1, 0.15) is 63.9 Å². The highest BCUT2D eigenvalue weighted by atomic mass is 19.4. The van der Waals surface area contributed by atoms with Crippen molar-refractivity contribution in [1.29, 1.82) is 0 Å². The summed E-state index contributed by atoms with van der Waals surface area (Å²) in [6.45, 7) is 2.92. The molecule has 0 aliphatic carbocycles. The lowest BCUT2D eigenvalue weighted by molar-refractivity contribution is -0.137. The minimum Gasteiger partial charge on any atom is -0.494 e. The van der Waals surface area contributed by atoms with E-state index in [0.717, 1.165) is 24.3 Å². The summed E-state index contributed by atoms with van der Waals surface area (Å²) < 4.78 is 43.4. The maximum Gasteiger partial charge on any atom is 0.416 e. The average molecular weight is 406 g/mol. The largest absolute Gasteiger partial charge is 0.494 e. The van der Waals surface area contributed by atoms with Gasteiger partial charge in [0, 0.05) is 0 Å². The van der Waals surface area contributed by atoms with Crippen molar-refractivity contribution in [2.75, 3.05) is 6.61 Å². The molecule has 2 rings (SSSR count). The van der Waals surface area contributed by atoms with E-state index in [-0.39, 0.29) is 0 Å². The Balaban J connectivity index is 1.68. The first-order chi connectivity index (χ1) is 14.0. The first-order valence-electron chi connectivity index (χ1n) is 10.3. The number of halogens is 3. The maximum absolute atomic E-state index is 12.5. The van der Waals surface area contributed by atoms with Crippen LogP contribution in [0.15, 0.2) is 58.8 Å². The SMILES string of the molecule is CCCCCCCCCCOc1ccc(N=Nc2ccc(C(F)(F)F)cc2)cc1. The monoisotopic (exact) mass is 406 g/mol. The lowest BCUT2D eigenvalue weighted by Gasteiger charge is -2.06. The molecule has 0 aromatic heterocycles. The van der Waals surface area contributed by atoms with Crippen molar-refractivity contribution in [3.63, 3.8) is 0 Å². The van der Waals surface area contributed by atoms with Gasteiger partial charge in [0.1, 0.15) is 5.75 Å². The molecule has 0 saturated carbocycles. The Morgan fingerprint density at radius 1 is 0.690 bits per heavy atom. The van der Waals surface area contributed by atoms with Crippen molar-refractivity contribution in [2.45, 2.75) is 64.5 Å². The fourth-order valence-electron chi connectivity index (χ4n) is 2.87. The van der Waals surface area contributed by atoms with Crippen molar-refractivity contribution in [1.82, 2.24) is 0 Å². The third-order valence-corrected chi connectivity index (χ3v) is 4.58. The second kappa shape index (κ2) is 12.2. The molecular weight excluding hydrogens is 377 g/mol. The van der Waals surface area contributed by atoms with E-state index in [1.54, 1.807) is 12.1 Å². The zero-order valence-electron chi connectivity index (χ0n) is 16.9. The van der Waals surface area contributed by atoms with E-state index < -0.39 is 11.7 Å².